The minimum absolute atomic E-state index is 0.0864. The largest absolute Gasteiger partial charge is 0.390 e. The number of anilines is 4. The second-order valence-electron chi connectivity index (χ2n) is 16.8. The van der Waals surface area contributed by atoms with Crippen LogP contribution in [0.1, 0.15) is 75.9 Å². The molecule has 2 aliphatic carbocycles. The lowest BCUT2D eigenvalue weighted by molar-refractivity contribution is -0.132. The van der Waals surface area contributed by atoms with E-state index in [-0.39, 0.29) is 42.8 Å². The molecule has 21 heteroatoms. The van der Waals surface area contributed by atoms with Gasteiger partial charge in [0.25, 0.3) is 11.8 Å². The van der Waals surface area contributed by atoms with Gasteiger partial charge in [-0.25, -0.2) is 23.4 Å². The van der Waals surface area contributed by atoms with Crippen LogP contribution in [-0.2, 0) is 0 Å². The molecule has 2 amide bonds. The summed E-state index contributed by atoms with van der Waals surface area (Å²) >= 11 is 3.31. The lowest BCUT2D eigenvalue weighted by atomic mass is 10.0. The summed E-state index contributed by atoms with van der Waals surface area (Å²) in [4.78, 5) is 33.7. The van der Waals surface area contributed by atoms with E-state index in [9.17, 15) is 40.3 Å². The van der Waals surface area contributed by atoms with Gasteiger partial charge in [-0.3, -0.25) is 9.59 Å². The Bertz CT molecular complexity index is 3020. The van der Waals surface area contributed by atoms with E-state index in [0.717, 1.165) is 53.5 Å². The van der Waals surface area contributed by atoms with E-state index in [4.69, 9.17) is 0 Å². The van der Waals surface area contributed by atoms with E-state index in [2.05, 4.69) is 62.7 Å². The fourth-order valence-corrected chi connectivity index (χ4v) is 7.69. The lowest BCUT2D eigenvalue weighted by Crippen LogP contribution is -2.26. The van der Waals surface area contributed by atoms with Crippen LogP contribution in [0, 0.1) is 26.6 Å². The Labute approximate surface area is 393 Å². The summed E-state index contributed by atoms with van der Waals surface area (Å²) in [6.45, 7) is 4.89. The number of carbonyl (C=O) groups excluding carboxylic acids is 2. The van der Waals surface area contributed by atoms with Crippen molar-refractivity contribution in [2.45, 2.75) is 83.7 Å². The zero-order chi connectivity index (χ0) is 48.5. The Morgan fingerprint density at radius 2 is 1.12 bits per heavy atom. The number of aromatic nitrogens is 6. The van der Waals surface area contributed by atoms with Gasteiger partial charge in [-0.15, -0.1) is 5.10 Å². The summed E-state index contributed by atoms with van der Waals surface area (Å²) in [7, 11) is 0. The predicted octanol–water partition coefficient (Wildman–Crippen LogP) is 10.9. The fourth-order valence-electron chi connectivity index (χ4n) is 7.30. The van der Waals surface area contributed by atoms with Crippen LogP contribution >= 0.6 is 15.9 Å². The van der Waals surface area contributed by atoms with Crippen molar-refractivity contribution in [3.8, 4) is 22.5 Å². The first kappa shape index (κ1) is 47.7. The van der Waals surface area contributed by atoms with Gasteiger partial charge in [0.1, 0.15) is 10.4 Å². The van der Waals surface area contributed by atoms with Crippen LogP contribution < -0.4 is 26.6 Å². The molecule has 2 saturated carbocycles. The van der Waals surface area contributed by atoms with E-state index < -0.39 is 31.0 Å². The number of aryl methyl sites for hydroxylation is 3. The molecule has 3 aromatic carbocycles. The average molecular weight is 1010 g/mol. The number of hydrogen-bond acceptors (Lipinski definition) is 9. The number of imidazole rings is 2. The van der Waals surface area contributed by atoms with Gasteiger partial charge in [-0.2, -0.15) is 31.4 Å². The van der Waals surface area contributed by atoms with E-state index >= 15 is 0 Å². The molecule has 4 aromatic heterocycles. The first-order valence-corrected chi connectivity index (χ1v) is 22.5. The standard InChI is InChI=1S/C27H26F4N6O.C20H19BrF3N5O/c1-15-3-5-18(28)12-21(15)35-24-13-22(32-10-9-27(29,30)31)25-33-14-23(37(25)36-24)17-4-8-20(16(2)11-17)26(38)34-19-6-7-19;1-11-8-12(2-5-14(11)19(30)27-13-3-4-13)16-10-26-18-15(9-17(21)28-29(16)18)25-7-6-20(22,23)24/h3-5,8,11-14,19,32H,6-7,9-10H2,1-2H3,(H,34,38)(H,35,36);2,5,8-10,13,25H,3-4,6-7H2,1H3,(H,27,30). The molecule has 9 rings (SSSR count). The summed E-state index contributed by atoms with van der Waals surface area (Å²) in [5.41, 5.74) is 8.32. The van der Waals surface area contributed by atoms with Crippen molar-refractivity contribution in [2.24, 2.45) is 0 Å². The van der Waals surface area contributed by atoms with Crippen LogP contribution in [-0.4, -0.2) is 78.5 Å². The Morgan fingerprint density at radius 1 is 0.632 bits per heavy atom. The van der Waals surface area contributed by atoms with Crippen LogP contribution in [0.3, 0.4) is 0 Å². The number of fused-ring (bicyclic) bond motifs is 2. The third kappa shape index (κ3) is 11.8. The predicted molar refractivity (Wildman–Crippen MR) is 248 cm³/mol. The molecule has 2 aliphatic rings. The highest BCUT2D eigenvalue weighted by Crippen LogP contribution is 2.32. The number of nitrogens with one attached hydrogen (secondary N) is 5. The molecule has 68 heavy (non-hydrogen) atoms. The normalized spacial score (nSPS) is 13.8. The molecule has 0 aliphatic heterocycles. The molecular weight excluding hydrogens is 963 g/mol. The molecule has 0 spiro atoms. The van der Waals surface area contributed by atoms with Gasteiger partial charge in [0, 0.05) is 59.2 Å². The Morgan fingerprint density at radius 3 is 1.59 bits per heavy atom. The number of hydrogen-bond donors (Lipinski definition) is 5. The summed E-state index contributed by atoms with van der Waals surface area (Å²) < 4.78 is 93.2. The van der Waals surface area contributed by atoms with Gasteiger partial charge in [0.15, 0.2) is 17.1 Å². The first-order valence-electron chi connectivity index (χ1n) is 21.7. The Kier molecular flexibility index (Phi) is 13.6. The summed E-state index contributed by atoms with van der Waals surface area (Å²) in [6.07, 6.45) is -3.32. The maximum absolute atomic E-state index is 13.9. The van der Waals surface area contributed by atoms with Crippen LogP contribution in [0.25, 0.3) is 33.8 Å². The first-order chi connectivity index (χ1) is 32.3. The zero-order valence-electron chi connectivity index (χ0n) is 36.8. The molecule has 0 saturated heterocycles. The van der Waals surface area contributed by atoms with Crippen molar-refractivity contribution in [1.29, 1.82) is 0 Å². The molecular formula is C47H45BrF7N11O2. The van der Waals surface area contributed by atoms with Gasteiger partial charge in [0.2, 0.25) is 0 Å². The third-order valence-corrected chi connectivity index (χ3v) is 11.6. The summed E-state index contributed by atoms with van der Waals surface area (Å²) in [5, 5.41) is 23.6. The van der Waals surface area contributed by atoms with E-state index in [1.807, 2.05) is 32.0 Å². The minimum Gasteiger partial charge on any atom is -0.382 e. The zero-order valence-corrected chi connectivity index (χ0v) is 38.4. The smallest absolute Gasteiger partial charge is 0.382 e. The molecule has 0 atom stereocenters. The van der Waals surface area contributed by atoms with Gasteiger partial charge in [-0.1, -0.05) is 18.2 Å². The number of carbonyl (C=O) groups is 2. The number of rotatable bonds is 14. The van der Waals surface area contributed by atoms with E-state index in [1.165, 1.54) is 16.6 Å². The molecule has 2 fully saturated rings. The number of nitrogens with zero attached hydrogens (tertiary/aromatic N) is 6. The molecule has 13 nitrogen and oxygen atoms in total. The van der Waals surface area contributed by atoms with Crippen molar-refractivity contribution in [1.82, 2.24) is 39.8 Å². The number of halogens is 8. The number of benzene rings is 3. The highest BCUT2D eigenvalue weighted by atomic mass is 79.9. The molecule has 356 valence electrons. The number of amides is 2. The second kappa shape index (κ2) is 19.4. The Hall–Kier alpha value is -6.77. The monoisotopic (exact) mass is 1010 g/mol. The lowest BCUT2D eigenvalue weighted by Gasteiger charge is -2.14. The highest BCUT2D eigenvalue weighted by molar-refractivity contribution is 9.10. The summed E-state index contributed by atoms with van der Waals surface area (Å²) in [5.74, 6) is -0.359. The fraction of sp³-hybridized carbons (Fsp3) is 0.319. The van der Waals surface area contributed by atoms with Crippen LogP contribution in [0.5, 0.6) is 0 Å². The second-order valence-corrected chi connectivity index (χ2v) is 17.6. The van der Waals surface area contributed by atoms with E-state index in [0.29, 0.717) is 55.5 Å². The van der Waals surface area contributed by atoms with Crippen molar-refractivity contribution in [3.63, 3.8) is 0 Å². The highest BCUT2D eigenvalue weighted by Gasteiger charge is 2.29. The van der Waals surface area contributed by atoms with Crippen LogP contribution in [0.4, 0.5) is 53.6 Å². The van der Waals surface area contributed by atoms with Gasteiger partial charge < -0.3 is 26.6 Å². The quantitative estimate of drug-likeness (QED) is 0.0670. The third-order valence-electron chi connectivity index (χ3n) is 11.2. The number of alkyl halides is 6. The maximum Gasteiger partial charge on any atom is 0.390 e. The molecule has 0 bridgehead atoms. The molecule has 0 radical (unpaired) electrons. The minimum atomic E-state index is -4.32. The molecule has 7 aromatic rings. The maximum atomic E-state index is 13.9. The Balaban J connectivity index is 0.000000189. The summed E-state index contributed by atoms with van der Waals surface area (Å²) in [6, 6.07) is 18.8. The van der Waals surface area contributed by atoms with Gasteiger partial charge in [0.05, 0.1) is 48.0 Å². The van der Waals surface area contributed by atoms with Crippen molar-refractivity contribution in [2.75, 3.05) is 29.0 Å². The van der Waals surface area contributed by atoms with Crippen molar-refractivity contribution in [3.05, 3.63) is 117 Å². The topological polar surface area (TPSA) is 155 Å². The SMILES string of the molecule is Cc1cc(-c2cnc3c(NCCC(F)(F)F)cc(Br)nn23)ccc1C(=O)NC1CC1.Cc1ccc(F)cc1Nc1cc(NCCC(F)(F)F)c2ncc(-c3ccc(C(=O)NC4CC4)c(C)c3)n2n1. The van der Waals surface area contributed by atoms with Crippen LogP contribution in [0.2, 0.25) is 0 Å². The van der Waals surface area contributed by atoms with Crippen LogP contribution in [0.15, 0.2) is 83.7 Å². The van der Waals surface area contributed by atoms with Crippen molar-refractivity contribution >= 4 is 61.9 Å². The molecule has 0 unspecified atom stereocenters. The van der Waals surface area contributed by atoms with Gasteiger partial charge >= 0.3 is 12.4 Å². The van der Waals surface area contributed by atoms with E-state index in [1.54, 1.807) is 60.2 Å². The molecule has 5 N–H and O–H groups in total. The van der Waals surface area contributed by atoms with Gasteiger partial charge in [-0.05, 0) is 122 Å². The average Bonchev–Trinajstić information content (AvgIpc) is 4.18. The van der Waals surface area contributed by atoms with Crippen molar-refractivity contribution < 1.29 is 40.3 Å². The molecule has 4 heterocycles.